The van der Waals surface area contributed by atoms with Gasteiger partial charge in [-0.05, 0) is 49.9 Å². The first-order valence-electron chi connectivity index (χ1n) is 10.6. The van der Waals surface area contributed by atoms with E-state index in [-0.39, 0.29) is 23.5 Å². The summed E-state index contributed by atoms with van der Waals surface area (Å²) in [7, 11) is 0. The molecule has 2 heterocycles. The van der Waals surface area contributed by atoms with Crippen molar-refractivity contribution in [3.05, 3.63) is 30.1 Å². The summed E-state index contributed by atoms with van der Waals surface area (Å²) in [5, 5.41) is 8.04. The molecular weight excluding hydrogens is 389 g/mol. The van der Waals surface area contributed by atoms with Crippen molar-refractivity contribution in [3.63, 3.8) is 0 Å². The number of carbonyl (C=O) groups excluding carboxylic acids is 3. The molecule has 0 radical (unpaired) electrons. The lowest BCUT2D eigenvalue weighted by Crippen LogP contribution is -2.51. The zero-order valence-corrected chi connectivity index (χ0v) is 17.0. The van der Waals surface area contributed by atoms with Gasteiger partial charge in [0.05, 0.1) is 0 Å². The van der Waals surface area contributed by atoms with Crippen LogP contribution < -0.4 is 20.9 Å². The summed E-state index contributed by atoms with van der Waals surface area (Å²) in [6, 6.07) is 6.14. The standard InChI is InChI=1S/C21H28FN5O3/c22-16-1-3-17(4-2-16)27-13-11-26(12-14-27)10-9-23-18(28)15-5-7-21(8-6-15)19(29)24-20(30)25-21/h1-4,15H,5-14H2,(H,23,28)(H2,24,25,29,30). The highest BCUT2D eigenvalue weighted by Gasteiger charge is 2.48. The van der Waals surface area contributed by atoms with Gasteiger partial charge in [-0.1, -0.05) is 0 Å². The van der Waals surface area contributed by atoms with E-state index in [1.807, 2.05) is 0 Å². The highest BCUT2D eigenvalue weighted by Crippen LogP contribution is 2.34. The molecule has 1 aromatic rings. The minimum absolute atomic E-state index is 0.0273. The fourth-order valence-corrected chi connectivity index (χ4v) is 4.62. The smallest absolute Gasteiger partial charge is 0.322 e. The quantitative estimate of drug-likeness (QED) is 0.617. The van der Waals surface area contributed by atoms with E-state index in [0.29, 0.717) is 32.2 Å². The molecule has 1 aromatic carbocycles. The van der Waals surface area contributed by atoms with Crippen molar-refractivity contribution in [1.29, 1.82) is 0 Å². The van der Waals surface area contributed by atoms with Gasteiger partial charge < -0.3 is 15.5 Å². The van der Waals surface area contributed by atoms with Crippen LogP contribution in [-0.2, 0) is 9.59 Å². The maximum Gasteiger partial charge on any atom is 0.322 e. The lowest BCUT2D eigenvalue weighted by molar-refractivity contribution is -0.130. The first-order valence-corrected chi connectivity index (χ1v) is 10.6. The molecule has 0 unspecified atom stereocenters. The molecule has 4 rings (SSSR count). The average Bonchev–Trinajstić information content (AvgIpc) is 3.02. The molecule has 2 saturated heterocycles. The van der Waals surface area contributed by atoms with Crippen LogP contribution in [0.3, 0.4) is 0 Å². The Morgan fingerprint density at radius 3 is 2.37 bits per heavy atom. The molecule has 3 N–H and O–H groups in total. The molecule has 3 aliphatic rings. The Morgan fingerprint density at radius 2 is 1.77 bits per heavy atom. The third kappa shape index (κ3) is 4.40. The Balaban J connectivity index is 1.15. The van der Waals surface area contributed by atoms with Crippen molar-refractivity contribution in [3.8, 4) is 0 Å². The third-order valence-electron chi connectivity index (χ3n) is 6.52. The highest BCUT2D eigenvalue weighted by atomic mass is 19.1. The normalized spacial score (nSPS) is 27.1. The van der Waals surface area contributed by atoms with Gasteiger partial charge in [0.25, 0.3) is 5.91 Å². The van der Waals surface area contributed by atoms with Crippen LogP contribution in [0, 0.1) is 11.7 Å². The van der Waals surface area contributed by atoms with Gasteiger partial charge in [0.1, 0.15) is 11.4 Å². The van der Waals surface area contributed by atoms with Crippen LogP contribution in [0.1, 0.15) is 25.7 Å². The molecule has 0 bridgehead atoms. The molecule has 0 aromatic heterocycles. The van der Waals surface area contributed by atoms with Gasteiger partial charge in [-0.3, -0.25) is 19.8 Å². The number of urea groups is 1. The SMILES string of the molecule is O=C1NC(=O)C2(CCC(C(=O)NCCN3CCN(c4ccc(F)cc4)CC3)CC2)N1. The molecular formula is C21H28FN5O3. The maximum absolute atomic E-state index is 13.1. The Hall–Kier alpha value is -2.68. The molecule has 3 fully saturated rings. The summed E-state index contributed by atoms with van der Waals surface area (Å²) in [6.07, 6.45) is 2.17. The number of nitrogens with one attached hydrogen (secondary N) is 3. The van der Waals surface area contributed by atoms with Gasteiger partial charge >= 0.3 is 6.03 Å². The number of benzene rings is 1. The number of piperazine rings is 1. The van der Waals surface area contributed by atoms with Crippen LogP contribution in [0.25, 0.3) is 0 Å². The predicted molar refractivity (Wildman–Crippen MR) is 109 cm³/mol. The summed E-state index contributed by atoms with van der Waals surface area (Å²) >= 11 is 0. The Labute approximate surface area is 175 Å². The second-order valence-electron chi connectivity index (χ2n) is 8.36. The lowest BCUT2D eigenvalue weighted by Gasteiger charge is -2.36. The number of carbonyl (C=O) groups is 3. The van der Waals surface area contributed by atoms with Crippen molar-refractivity contribution in [1.82, 2.24) is 20.9 Å². The lowest BCUT2D eigenvalue weighted by atomic mass is 9.76. The number of imide groups is 1. The molecule has 1 aliphatic carbocycles. The van der Waals surface area contributed by atoms with E-state index >= 15 is 0 Å². The van der Waals surface area contributed by atoms with Crippen molar-refractivity contribution in [2.24, 2.45) is 5.92 Å². The fourth-order valence-electron chi connectivity index (χ4n) is 4.62. The zero-order chi connectivity index (χ0) is 21.1. The van der Waals surface area contributed by atoms with Crippen molar-refractivity contribution >= 4 is 23.5 Å². The minimum atomic E-state index is -0.821. The van der Waals surface area contributed by atoms with Gasteiger partial charge in [-0.15, -0.1) is 0 Å². The molecule has 4 amide bonds. The molecule has 1 saturated carbocycles. The average molecular weight is 417 g/mol. The number of nitrogens with zero attached hydrogens (tertiary/aromatic N) is 2. The van der Waals surface area contributed by atoms with Crippen LogP contribution in [0.2, 0.25) is 0 Å². The highest BCUT2D eigenvalue weighted by molar-refractivity contribution is 6.07. The first-order chi connectivity index (χ1) is 14.4. The van der Waals surface area contributed by atoms with Gasteiger partial charge in [0.2, 0.25) is 5.91 Å². The third-order valence-corrected chi connectivity index (χ3v) is 6.52. The molecule has 30 heavy (non-hydrogen) atoms. The number of rotatable bonds is 5. The Kier molecular flexibility index (Phi) is 5.90. The van der Waals surface area contributed by atoms with Crippen LogP contribution in [0.4, 0.5) is 14.9 Å². The number of hydrogen-bond donors (Lipinski definition) is 3. The molecule has 162 valence electrons. The number of halogens is 1. The monoisotopic (exact) mass is 417 g/mol. The van der Waals surface area contributed by atoms with Crippen LogP contribution >= 0.6 is 0 Å². The van der Waals surface area contributed by atoms with E-state index in [2.05, 4.69) is 25.8 Å². The molecule has 2 aliphatic heterocycles. The number of hydrogen-bond acceptors (Lipinski definition) is 5. The summed E-state index contributed by atoms with van der Waals surface area (Å²) in [4.78, 5) is 40.4. The molecule has 9 heteroatoms. The van der Waals surface area contributed by atoms with E-state index in [4.69, 9.17) is 0 Å². The van der Waals surface area contributed by atoms with Gasteiger partial charge in [0, 0.05) is 50.9 Å². The Bertz CT molecular complexity index is 799. The second-order valence-corrected chi connectivity index (χ2v) is 8.36. The predicted octanol–water partition coefficient (Wildman–Crippen LogP) is 0.832. The van der Waals surface area contributed by atoms with Crippen molar-refractivity contribution in [2.45, 2.75) is 31.2 Å². The second kappa shape index (κ2) is 8.59. The number of anilines is 1. The summed E-state index contributed by atoms with van der Waals surface area (Å²) in [5.41, 5.74) is 0.212. The molecule has 1 spiro atoms. The van der Waals surface area contributed by atoms with Crippen LogP contribution in [0.5, 0.6) is 0 Å². The minimum Gasteiger partial charge on any atom is -0.369 e. The molecule has 8 nitrogen and oxygen atoms in total. The van der Waals surface area contributed by atoms with Crippen LogP contribution in [-0.4, -0.2) is 67.6 Å². The van der Waals surface area contributed by atoms with E-state index in [0.717, 1.165) is 38.4 Å². The van der Waals surface area contributed by atoms with Crippen LogP contribution in [0.15, 0.2) is 24.3 Å². The summed E-state index contributed by atoms with van der Waals surface area (Å²) < 4.78 is 13.1. The van der Waals surface area contributed by atoms with Gasteiger partial charge in [0.15, 0.2) is 0 Å². The van der Waals surface area contributed by atoms with E-state index in [1.54, 1.807) is 12.1 Å². The zero-order valence-electron chi connectivity index (χ0n) is 17.0. The number of amides is 4. The van der Waals surface area contributed by atoms with Gasteiger partial charge in [-0.25, -0.2) is 9.18 Å². The van der Waals surface area contributed by atoms with Crippen molar-refractivity contribution in [2.75, 3.05) is 44.2 Å². The topological polar surface area (TPSA) is 93.8 Å². The van der Waals surface area contributed by atoms with E-state index < -0.39 is 11.6 Å². The molecule has 0 atom stereocenters. The maximum atomic E-state index is 13.1. The van der Waals surface area contributed by atoms with E-state index in [1.165, 1.54) is 12.1 Å². The van der Waals surface area contributed by atoms with E-state index in [9.17, 15) is 18.8 Å². The first kappa shape index (κ1) is 20.6. The Morgan fingerprint density at radius 1 is 1.10 bits per heavy atom. The largest absolute Gasteiger partial charge is 0.369 e. The summed E-state index contributed by atoms with van der Waals surface area (Å²) in [5.74, 6) is -0.584. The van der Waals surface area contributed by atoms with Gasteiger partial charge in [-0.2, -0.15) is 0 Å². The fraction of sp³-hybridized carbons (Fsp3) is 0.571. The van der Waals surface area contributed by atoms with Crippen molar-refractivity contribution < 1.29 is 18.8 Å². The summed E-state index contributed by atoms with van der Waals surface area (Å²) in [6.45, 7) is 4.92.